The van der Waals surface area contributed by atoms with Crippen molar-refractivity contribution in [3.63, 3.8) is 0 Å². The molecule has 3 heteroatoms. The summed E-state index contributed by atoms with van der Waals surface area (Å²) in [5.41, 5.74) is 1.75. The Morgan fingerprint density at radius 2 is 1.81 bits per heavy atom. The van der Waals surface area contributed by atoms with Gasteiger partial charge in [-0.1, -0.05) is 76.2 Å². The summed E-state index contributed by atoms with van der Waals surface area (Å²) in [6.07, 6.45) is 4.33. The second-order valence-electron chi connectivity index (χ2n) is 7.11. The molecule has 21 heavy (non-hydrogen) atoms. The average molecular weight is 306 g/mol. The number of amides is 1. The molecule has 0 spiro atoms. The van der Waals surface area contributed by atoms with Gasteiger partial charge in [-0.3, -0.25) is 4.79 Å². The number of carbonyl (C=O) groups excluding carboxylic acids is 1. The highest BCUT2D eigenvalue weighted by Gasteiger charge is 2.28. The van der Waals surface area contributed by atoms with E-state index in [-0.39, 0.29) is 11.9 Å². The lowest BCUT2D eigenvalue weighted by Crippen LogP contribution is -2.34. The van der Waals surface area contributed by atoms with Gasteiger partial charge in [0.2, 0.25) is 5.91 Å². The molecule has 2 atom stereocenters. The number of hydrogen-bond donors (Lipinski definition) is 1. The molecule has 0 saturated heterocycles. The van der Waals surface area contributed by atoms with Crippen LogP contribution in [0.1, 0.15) is 51.1 Å². The topological polar surface area (TPSA) is 29.1 Å². The monoisotopic (exact) mass is 305 g/mol. The minimum absolute atomic E-state index is 0.0900. The fourth-order valence-electron chi connectivity index (χ4n) is 2.64. The third kappa shape index (κ3) is 6.47. The highest BCUT2D eigenvalue weighted by Crippen LogP contribution is 2.31. The van der Waals surface area contributed by atoms with E-state index in [0.717, 1.165) is 0 Å². The highest BCUT2D eigenvalue weighted by molar-refractivity contribution is 6.77. The predicted molar refractivity (Wildman–Crippen MR) is 94.2 cm³/mol. The molecule has 0 bridgehead atoms. The molecule has 0 fully saturated rings. The first-order valence-corrected chi connectivity index (χ1v) is 11.8. The zero-order valence-corrected chi connectivity index (χ0v) is 15.3. The van der Waals surface area contributed by atoms with Gasteiger partial charge >= 0.3 is 0 Å². The van der Waals surface area contributed by atoms with Gasteiger partial charge in [-0.15, -0.1) is 0 Å². The van der Waals surface area contributed by atoms with Gasteiger partial charge < -0.3 is 5.32 Å². The standard InChI is InChI=1S/C18H31NOSi/c1-6-7-13-17(21(3,4)5)14-18(20)19-15(2)16-11-9-8-10-12-16/h8-12,15,17H,6-7,13-14H2,1-5H3,(H,19,20). The SMILES string of the molecule is CCCCC(CC(=O)NC(C)c1ccccc1)[Si](C)(C)C. The molecule has 1 rings (SSSR count). The minimum Gasteiger partial charge on any atom is -0.350 e. The normalized spacial score (nSPS) is 14.5. The van der Waals surface area contributed by atoms with Crippen molar-refractivity contribution in [1.29, 1.82) is 0 Å². The van der Waals surface area contributed by atoms with Gasteiger partial charge in [0.25, 0.3) is 0 Å². The van der Waals surface area contributed by atoms with E-state index in [9.17, 15) is 4.79 Å². The molecule has 2 unspecified atom stereocenters. The van der Waals surface area contributed by atoms with E-state index in [1.54, 1.807) is 0 Å². The van der Waals surface area contributed by atoms with Gasteiger partial charge in [0.1, 0.15) is 0 Å². The first-order chi connectivity index (χ1) is 9.84. The maximum Gasteiger partial charge on any atom is 0.220 e. The number of nitrogens with one attached hydrogen (secondary N) is 1. The summed E-state index contributed by atoms with van der Waals surface area (Å²) in [4.78, 5) is 12.4. The fourth-order valence-corrected chi connectivity index (χ4v) is 4.51. The van der Waals surface area contributed by atoms with Crippen molar-refractivity contribution in [2.75, 3.05) is 0 Å². The minimum atomic E-state index is -1.28. The van der Waals surface area contributed by atoms with E-state index in [1.165, 1.54) is 24.8 Å². The summed E-state index contributed by atoms with van der Waals surface area (Å²) in [6, 6.07) is 10.3. The van der Waals surface area contributed by atoms with E-state index in [4.69, 9.17) is 0 Å². The van der Waals surface area contributed by atoms with Gasteiger partial charge in [0, 0.05) is 14.5 Å². The Morgan fingerprint density at radius 3 is 2.33 bits per heavy atom. The summed E-state index contributed by atoms with van der Waals surface area (Å²) >= 11 is 0. The number of benzene rings is 1. The maximum atomic E-state index is 12.4. The largest absolute Gasteiger partial charge is 0.350 e. The predicted octanol–water partition coefficient (Wildman–Crippen LogP) is 5.15. The van der Waals surface area contributed by atoms with Gasteiger partial charge in [-0.25, -0.2) is 0 Å². The van der Waals surface area contributed by atoms with E-state index < -0.39 is 8.07 Å². The molecule has 1 aromatic rings. The summed E-state index contributed by atoms with van der Waals surface area (Å²) < 4.78 is 0. The number of hydrogen-bond acceptors (Lipinski definition) is 1. The van der Waals surface area contributed by atoms with Crippen molar-refractivity contribution in [3.8, 4) is 0 Å². The molecule has 0 saturated carbocycles. The van der Waals surface area contributed by atoms with Crippen LogP contribution >= 0.6 is 0 Å². The lowest BCUT2D eigenvalue weighted by Gasteiger charge is -2.29. The van der Waals surface area contributed by atoms with Gasteiger partial charge in [0.05, 0.1) is 6.04 Å². The smallest absolute Gasteiger partial charge is 0.220 e. The summed E-state index contributed by atoms with van der Waals surface area (Å²) in [7, 11) is -1.28. The summed E-state index contributed by atoms with van der Waals surface area (Å²) in [5, 5.41) is 3.16. The van der Waals surface area contributed by atoms with Crippen molar-refractivity contribution in [1.82, 2.24) is 5.32 Å². The maximum absolute atomic E-state index is 12.4. The van der Waals surface area contributed by atoms with Crippen LogP contribution < -0.4 is 5.32 Å². The van der Waals surface area contributed by atoms with Crippen LogP contribution in [0.15, 0.2) is 30.3 Å². The Hall–Kier alpha value is -1.09. The Balaban J connectivity index is 2.57. The number of carbonyl (C=O) groups is 1. The van der Waals surface area contributed by atoms with E-state index in [0.29, 0.717) is 12.0 Å². The first-order valence-electron chi connectivity index (χ1n) is 8.19. The van der Waals surface area contributed by atoms with Crippen molar-refractivity contribution in [3.05, 3.63) is 35.9 Å². The van der Waals surface area contributed by atoms with Crippen LogP contribution in [0, 0.1) is 0 Å². The van der Waals surface area contributed by atoms with Crippen LogP contribution in [0.3, 0.4) is 0 Å². The van der Waals surface area contributed by atoms with Crippen LogP contribution in [0.25, 0.3) is 0 Å². The molecule has 118 valence electrons. The molecule has 0 aromatic heterocycles. The highest BCUT2D eigenvalue weighted by atomic mass is 28.3. The van der Waals surface area contributed by atoms with Crippen molar-refractivity contribution in [2.24, 2.45) is 0 Å². The van der Waals surface area contributed by atoms with Gasteiger partial charge in [-0.2, -0.15) is 0 Å². The van der Waals surface area contributed by atoms with Crippen LogP contribution in [0.4, 0.5) is 0 Å². The van der Waals surface area contributed by atoms with Crippen molar-refractivity contribution < 1.29 is 4.79 Å². The van der Waals surface area contributed by atoms with Crippen molar-refractivity contribution >= 4 is 14.0 Å². The lowest BCUT2D eigenvalue weighted by atomic mass is 10.1. The van der Waals surface area contributed by atoms with E-state index >= 15 is 0 Å². The molecule has 0 aliphatic carbocycles. The molecule has 1 amide bonds. The molecule has 2 nitrogen and oxygen atoms in total. The Morgan fingerprint density at radius 1 is 1.19 bits per heavy atom. The first kappa shape index (κ1) is 18.0. The molecule has 0 aliphatic rings. The molecular weight excluding hydrogens is 274 g/mol. The quantitative estimate of drug-likeness (QED) is 0.661. The zero-order chi connectivity index (χ0) is 15.9. The van der Waals surface area contributed by atoms with E-state index in [2.05, 4.69) is 50.9 Å². The molecule has 1 aromatic carbocycles. The van der Waals surface area contributed by atoms with Crippen LogP contribution in [-0.2, 0) is 4.79 Å². The molecule has 0 aliphatic heterocycles. The van der Waals surface area contributed by atoms with Crippen LogP contribution in [0.2, 0.25) is 25.2 Å². The average Bonchev–Trinajstić information content (AvgIpc) is 2.43. The Bertz CT molecular complexity index is 425. The molecular formula is C18H31NOSi. The zero-order valence-electron chi connectivity index (χ0n) is 14.3. The second-order valence-corrected chi connectivity index (χ2v) is 12.7. The second kappa shape index (κ2) is 8.37. The molecule has 1 N–H and O–H groups in total. The third-order valence-electron chi connectivity index (χ3n) is 4.24. The molecule has 0 radical (unpaired) electrons. The summed E-state index contributed by atoms with van der Waals surface area (Å²) in [5.74, 6) is 0.204. The lowest BCUT2D eigenvalue weighted by molar-refractivity contribution is -0.121. The molecule has 0 heterocycles. The number of rotatable bonds is 8. The third-order valence-corrected chi connectivity index (χ3v) is 7.18. The van der Waals surface area contributed by atoms with Crippen molar-refractivity contribution in [2.45, 2.75) is 70.8 Å². The Labute approximate surface area is 131 Å². The van der Waals surface area contributed by atoms with Crippen LogP contribution in [0.5, 0.6) is 0 Å². The van der Waals surface area contributed by atoms with Crippen LogP contribution in [-0.4, -0.2) is 14.0 Å². The van der Waals surface area contributed by atoms with E-state index in [1.807, 2.05) is 18.2 Å². The van der Waals surface area contributed by atoms with Gasteiger partial charge in [0.15, 0.2) is 0 Å². The number of unbranched alkanes of at least 4 members (excludes halogenated alkanes) is 1. The Kier molecular flexibility index (Phi) is 7.16. The summed E-state index contributed by atoms with van der Waals surface area (Å²) in [6.45, 7) is 11.4. The fraction of sp³-hybridized carbons (Fsp3) is 0.611. The van der Waals surface area contributed by atoms with Gasteiger partial charge in [-0.05, 0) is 18.0 Å².